The monoisotopic (exact) mass is 294 g/mol. The van der Waals surface area contributed by atoms with Gasteiger partial charge < -0.3 is 4.52 Å². The van der Waals surface area contributed by atoms with Gasteiger partial charge in [0.1, 0.15) is 0 Å². The Hall–Kier alpha value is -0.650. The zero-order chi connectivity index (χ0) is 14.7. The lowest BCUT2D eigenvalue weighted by Gasteiger charge is -1.96. The Balaban J connectivity index is 3.32. The highest BCUT2D eigenvalue weighted by Crippen LogP contribution is 2.03. The van der Waals surface area contributed by atoms with Crippen molar-refractivity contribution in [1.29, 1.82) is 0 Å². The van der Waals surface area contributed by atoms with Crippen LogP contribution in [0.25, 0.3) is 0 Å². The molecule has 0 rings (SSSR count). The maximum Gasteiger partial charge on any atom is 0.0501 e. The lowest BCUT2D eigenvalue weighted by molar-refractivity contribution is 0.355. The third-order valence-electron chi connectivity index (χ3n) is 2.85. The van der Waals surface area contributed by atoms with Crippen LogP contribution in [0.15, 0.2) is 48.6 Å². The Morgan fingerprint density at radius 3 is 1.80 bits per heavy atom. The average Bonchev–Trinajstić information content (AvgIpc) is 2.47. The molecule has 0 aliphatic heterocycles. The van der Waals surface area contributed by atoms with Crippen molar-refractivity contribution >= 4 is 9.47 Å². The minimum atomic E-state index is 0.860. The molecule has 0 fully saturated rings. The first-order valence-corrected chi connectivity index (χ1v) is 8.30. The molecule has 0 saturated carbocycles. The molecule has 0 amide bonds. The largest absolute Gasteiger partial charge is 0.366 e. The fourth-order valence-electron chi connectivity index (χ4n) is 1.72. The van der Waals surface area contributed by atoms with Crippen LogP contribution in [0.2, 0.25) is 0 Å². The lowest BCUT2D eigenvalue weighted by Crippen LogP contribution is -1.83. The molecule has 1 nitrogen and oxygen atoms in total. The molecule has 0 spiro atoms. The van der Waals surface area contributed by atoms with E-state index in [2.05, 4.69) is 65.0 Å². The number of rotatable bonds is 13. The van der Waals surface area contributed by atoms with Crippen molar-refractivity contribution < 1.29 is 4.52 Å². The van der Waals surface area contributed by atoms with Gasteiger partial charge in [-0.15, -0.1) is 0 Å². The summed E-state index contributed by atoms with van der Waals surface area (Å²) in [5, 5.41) is 0. The first-order chi connectivity index (χ1) is 9.91. The number of hydrogen-bond donors (Lipinski definition) is 0. The molecule has 20 heavy (non-hydrogen) atoms. The minimum Gasteiger partial charge on any atom is -0.366 e. The summed E-state index contributed by atoms with van der Waals surface area (Å²) >= 11 is 0. The second-order valence-electron chi connectivity index (χ2n) is 4.72. The molecule has 0 aliphatic rings. The highest BCUT2D eigenvalue weighted by Gasteiger charge is 1.85. The molecule has 0 aromatic rings. The Kier molecular flexibility index (Phi) is 17.8. The van der Waals surface area contributed by atoms with E-state index in [9.17, 15) is 0 Å². The molecule has 0 aromatic heterocycles. The van der Waals surface area contributed by atoms with Crippen LogP contribution in [0.4, 0.5) is 0 Å². The van der Waals surface area contributed by atoms with Crippen molar-refractivity contribution in [3.63, 3.8) is 0 Å². The maximum atomic E-state index is 4.94. The summed E-state index contributed by atoms with van der Waals surface area (Å²) in [6.45, 7) is 3.02. The van der Waals surface area contributed by atoms with Crippen molar-refractivity contribution in [2.45, 2.75) is 58.3 Å². The van der Waals surface area contributed by atoms with E-state index in [4.69, 9.17) is 4.52 Å². The van der Waals surface area contributed by atoms with Crippen molar-refractivity contribution in [2.75, 3.05) is 6.61 Å². The summed E-state index contributed by atoms with van der Waals surface area (Å²) in [5.74, 6) is 0. The average molecular weight is 294 g/mol. The highest BCUT2D eigenvalue weighted by atomic mass is 31.0. The van der Waals surface area contributed by atoms with Crippen LogP contribution in [-0.2, 0) is 4.52 Å². The van der Waals surface area contributed by atoms with Gasteiger partial charge in [0.05, 0.1) is 6.61 Å². The second-order valence-corrected chi connectivity index (χ2v) is 5.05. The molecular formula is C18H31OP. The quantitative estimate of drug-likeness (QED) is 0.224. The van der Waals surface area contributed by atoms with E-state index < -0.39 is 0 Å². The van der Waals surface area contributed by atoms with Crippen LogP contribution in [-0.4, -0.2) is 6.61 Å². The van der Waals surface area contributed by atoms with Gasteiger partial charge >= 0.3 is 0 Å². The Bertz CT molecular complexity index is 290. The summed E-state index contributed by atoms with van der Waals surface area (Å²) < 4.78 is 4.94. The van der Waals surface area contributed by atoms with Gasteiger partial charge in [-0.25, -0.2) is 0 Å². The molecule has 114 valence electrons. The lowest BCUT2D eigenvalue weighted by atomic mass is 10.2. The zero-order valence-corrected chi connectivity index (χ0v) is 14.1. The number of allylic oxidation sites excluding steroid dienone is 8. The van der Waals surface area contributed by atoms with Crippen LogP contribution in [0.5, 0.6) is 0 Å². The van der Waals surface area contributed by atoms with E-state index in [-0.39, 0.29) is 0 Å². The van der Waals surface area contributed by atoms with Gasteiger partial charge in [0.25, 0.3) is 0 Å². The topological polar surface area (TPSA) is 9.23 Å². The van der Waals surface area contributed by atoms with Crippen molar-refractivity contribution in [2.24, 2.45) is 0 Å². The van der Waals surface area contributed by atoms with Crippen molar-refractivity contribution in [1.82, 2.24) is 0 Å². The molecule has 0 N–H and O–H groups in total. The van der Waals surface area contributed by atoms with Crippen molar-refractivity contribution in [3.05, 3.63) is 48.6 Å². The van der Waals surface area contributed by atoms with Crippen LogP contribution >= 0.6 is 9.47 Å². The highest BCUT2D eigenvalue weighted by molar-refractivity contribution is 7.09. The summed E-state index contributed by atoms with van der Waals surface area (Å²) in [4.78, 5) is 0. The van der Waals surface area contributed by atoms with E-state index >= 15 is 0 Å². The molecule has 0 bridgehead atoms. The van der Waals surface area contributed by atoms with E-state index in [0.29, 0.717) is 0 Å². The third-order valence-corrected chi connectivity index (χ3v) is 3.09. The summed E-state index contributed by atoms with van der Waals surface area (Å²) in [5.41, 5.74) is 0. The smallest absolute Gasteiger partial charge is 0.0501 e. The van der Waals surface area contributed by atoms with Gasteiger partial charge in [-0.3, -0.25) is 0 Å². The molecule has 1 unspecified atom stereocenters. The molecule has 0 saturated heterocycles. The fourth-order valence-corrected chi connectivity index (χ4v) is 1.89. The molecule has 0 heterocycles. The molecular weight excluding hydrogens is 263 g/mol. The van der Waals surface area contributed by atoms with E-state index in [0.717, 1.165) is 38.7 Å². The first kappa shape index (κ1) is 19.4. The molecule has 0 aromatic carbocycles. The van der Waals surface area contributed by atoms with Crippen LogP contribution in [0.3, 0.4) is 0 Å². The molecule has 0 aliphatic carbocycles. The predicted molar refractivity (Wildman–Crippen MR) is 94.8 cm³/mol. The van der Waals surface area contributed by atoms with Gasteiger partial charge in [-0.05, 0) is 44.9 Å². The summed E-state index contributed by atoms with van der Waals surface area (Å²) in [7, 11) is 2.30. The van der Waals surface area contributed by atoms with Crippen molar-refractivity contribution in [3.8, 4) is 0 Å². The Morgan fingerprint density at radius 2 is 1.25 bits per heavy atom. The van der Waals surface area contributed by atoms with Crippen LogP contribution in [0, 0.1) is 0 Å². The van der Waals surface area contributed by atoms with E-state index in [1.165, 1.54) is 19.3 Å². The Morgan fingerprint density at radius 1 is 0.700 bits per heavy atom. The van der Waals surface area contributed by atoms with Gasteiger partial charge in [0.15, 0.2) is 0 Å². The third kappa shape index (κ3) is 17.4. The molecule has 1 atom stereocenters. The van der Waals surface area contributed by atoms with E-state index in [1.54, 1.807) is 0 Å². The number of hydrogen-bond acceptors (Lipinski definition) is 1. The van der Waals surface area contributed by atoms with Crippen LogP contribution < -0.4 is 0 Å². The van der Waals surface area contributed by atoms with Gasteiger partial charge in [0, 0.05) is 9.47 Å². The fraction of sp³-hybridized carbons (Fsp3) is 0.556. The Labute approximate surface area is 128 Å². The number of unbranched alkanes of at least 4 members (excludes halogenated alkanes) is 3. The van der Waals surface area contributed by atoms with Crippen LogP contribution in [0.1, 0.15) is 58.3 Å². The second kappa shape index (κ2) is 18.4. The SMILES string of the molecule is CC/C=C\C/C=C\C/C=C\C/C=C\CCCCCOP. The minimum absolute atomic E-state index is 0.860. The maximum absolute atomic E-state index is 4.94. The van der Waals surface area contributed by atoms with Gasteiger partial charge in [-0.1, -0.05) is 62.0 Å². The van der Waals surface area contributed by atoms with E-state index in [1.807, 2.05) is 0 Å². The predicted octanol–water partition coefficient (Wildman–Crippen LogP) is 6.16. The standard InChI is InChI=1S/C18H31OP/c1-2-3-4-5-6-7-8-9-10-11-12-13-14-15-16-17-18-19-20/h3-4,6-7,9-10,12-13H,2,5,8,11,14-18,20H2,1H3/b4-3-,7-6-,10-9-,13-12-. The first-order valence-electron chi connectivity index (χ1n) is 7.83. The normalized spacial score (nSPS) is 12.7. The summed E-state index contributed by atoms with van der Waals surface area (Å²) in [6, 6.07) is 0. The van der Waals surface area contributed by atoms with Gasteiger partial charge in [-0.2, -0.15) is 0 Å². The zero-order valence-electron chi connectivity index (χ0n) is 13.0. The molecule has 2 heteroatoms. The van der Waals surface area contributed by atoms with Gasteiger partial charge in [0.2, 0.25) is 0 Å². The summed E-state index contributed by atoms with van der Waals surface area (Å²) in [6.07, 6.45) is 27.1. The molecule has 0 radical (unpaired) electrons.